The summed E-state index contributed by atoms with van der Waals surface area (Å²) < 4.78 is 1.69. The number of aliphatic hydroxyl groups excluding tert-OH is 1. The van der Waals surface area contributed by atoms with Crippen LogP contribution in [0.4, 0.5) is 0 Å². The maximum atomic E-state index is 9.04. The number of aromatic nitrogens is 3. The van der Waals surface area contributed by atoms with Gasteiger partial charge in [0.15, 0.2) is 0 Å². The predicted molar refractivity (Wildman–Crippen MR) is 61.8 cm³/mol. The van der Waals surface area contributed by atoms with Gasteiger partial charge in [0.25, 0.3) is 0 Å². The van der Waals surface area contributed by atoms with E-state index >= 15 is 0 Å². The molecule has 1 heterocycles. The topological polar surface area (TPSA) is 50.9 Å². The van der Waals surface area contributed by atoms with E-state index in [1.165, 1.54) is 0 Å². The van der Waals surface area contributed by atoms with E-state index in [2.05, 4.69) is 10.3 Å². The van der Waals surface area contributed by atoms with Crippen LogP contribution in [0.3, 0.4) is 0 Å². The van der Waals surface area contributed by atoms with Crippen LogP contribution in [0.5, 0.6) is 0 Å². The smallest absolute Gasteiger partial charge is 0.111 e. The summed E-state index contributed by atoms with van der Waals surface area (Å²) in [4.78, 5) is 0. The summed E-state index contributed by atoms with van der Waals surface area (Å²) in [5.41, 5.74) is 3.31. The highest BCUT2D eigenvalue weighted by atomic mass is 35.5. The van der Waals surface area contributed by atoms with Crippen LogP contribution >= 0.6 is 11.6 Å². The highest BCUT2D eigenvalue weighted by molar-refractivity contribution is 6.31. The first-order valence-corrected chi connectivity index (χ1v) is 5.30. The molecule has 1 aromatic carbocycles. The molecule has 84 valence electrons. The second kappa shape index (κ2) is 4.23. The van der Waals surface area contributed by atoms with Crippen molar-refractivity contribution in [2.75, 3.05) is 0 Å². The largest absolute Gasteiger partial charge is 0.390 e. The van der Waals surface area contributed by atoms with Crippen LogP contribution in [0.25, 0.3) is 5.69 Å². The molecule has 0 aliphatic rings. The lowest BCUT2D eigenvalue weighted by Gasteiger charge is -2.05. The van der Waals surface area contributed by atoms with Crippen LogP contribution in [0, 0.1) is 13.8 Å². The van der Waals surface area contributed by atoms with Gasteiger partial charge in [-0.25, -0.2) is 4.68 Å². The number of benzene rings is 1. The van der Waals surface area contributed by atoms with Gasteiger partial charge in [-0.05, 0) is 37.6 Å². The van der Waals surface area contributed by atoms with Crippen molar-refractivity contribution in [3.05, 3.63) is 40.2 Å². The van der Waals surface area contributed by atoms with Gasteiger partial charge in [0.2, 0.25) is 0 Å². The lowest BCUT2D eigenvalue weighted by molar-refractivity contribution is 0.276. The lowest BCUT2D eigenvalue weighted by Crippen LogP contribution is -2.00. The third kappa shape index (κ3) is 1.81. The van der Waals surface area contributed by atoms with Crippen molar-refractivity contribution in [1.82, 2.24) is 15.0 Å². The van der Waals surface area contributed by atoms with Crippen LogP contribution in [0.2, 0.25) is 5.02 Å². The van der Waals surface area contributed by atoms with Crippen molar-refractivity contribution in [3.63, 3.8) is 0 Å². The average molecular weight is 238 g/mol. The summed E-state index contributed by atoms with van der Waals surface area (Å²) in [6.45, 7) is 3.71. The zero-order valence-corrected chi connectivity index (χ0v) is 9.86. The van der Waals surface area contributed by atoms with Gasteiger partial charge in [0.05, 0.1) is 18.0 Å². The first-order valence-electron chi connectivity index (χ1n) is 4.92. The van der Waals surface area contributed by atoms with Crippen LogP contribution in [0.1, 0.15) is 17.0 Å². The minimum Gasteiger partial charge on any atom is -0.390 e. The number of rotatable bonds is 2. The van der Waals surface area contributed by atoms with Crippen LogP contribution < -0.4 is 0 Å². The molecule has 0 saturated heterocycles. The summed E-state index contributed by atoms with van der Waals surface area (Å²) in [6, 6.07) is 5.63. The Balaban J connectivity index is 2.50. The zero-order chi connectivity index (χ0) is 11.7. The Hall–Kier alpha value is -1.39. The van der Waals surface area contributed by atoms with E-state index in [4.69, 9.17) is 16.7 Å². The standard InChI is InChI=1S/C11H12ClN3O/c1-7-5-9(3-4-10(7)12)15-8(2)11(6-16)13-14-15/h3-5,16H,6H2,1-2H3. The van der Waals surface area contributed by atoms with Gasteiger partial charge in [0.1, 0.15) is 5.69 Å². The maximum Gasteiger partial charge on any atom is 0.111 e. The molecule has 2 rings (SSSR count). The van der Waals surface area contributed by atoms with E-state index in [1.807, 2.05) is 32.0 Å². The molecule has 0 fully saturated rings. The van der Waals surface area contributed by atoms with Gasteiger partial charge < -0.3 is 5.11 Å². The third-order valence-electron chi connectivity index (χ3n) is 2.53. The van der Waals surface area contributed by atoms with Crippen molar-refractivity contribution >= 4 is 11.6 Å². The number of hydrogen-bond acceptors (Lipinski definition) is 3. The molecule has 0 aliphatic carbocycles. The van der Waals surface area contributed by atoms with Gasteiger partial charge >= 0.3 is 0 Å². The molecule has 2 aromatic rings. The molecular formula is C11H12ClN3O. The van der Waals surface area contributed by atoms with Crippen molar-refractivity contribution in [2.45, 2.75) is 20.5 Å². The van der Waals surface area contributed by atoms with E-state index in [0.29, 0.717) is 5.69 Å². The molecule has 0 atom stereocenters. The maximum absolute atomic E-state index is 9.04. The first kappa shape index (κ1) is 11.1. The predicted octanol–water partition coefficient (Wildman–Crippen LogP) is 2.03. The minimum atomic E-state index is -0.0988. The highest BCUT2D eigenvalue weighted by Gasteiger charge is 2.09. The Morgan fingerprint density at radius 1 is 1.38 bits per heavy atom. The second-order valence-corrected chi connectivity index (χ2v) is 4.03. The van der Waals surface area contributed by atoms with Crippen LogP contribution in [-0.2, 0) is 6.61 Å². The first-order chi connectivity index (χ1) is 7.63. The van der Waals surface area contributed by atoms with E-state index in [0.717, 1.165) is 22.0 Å². The number of hydrogen-bond donors (Lipinski definition) is 1. The number of aryl methyl sites for hydroxylation is 1. The molecule has 16 heavy (non-hydrogen) atoms. The Morgan fingerprint density at radius 3 is 2.69 bits per heavy atom. The summed E-state index contributed by atoms with van der Waals surface area (Å²) in [5.74, 6) is 0. The molecular weight excluding hydrogens is 226 g/mol. The second-order valence-electron chi connectivity index (χ2n) is 3.62. The van der Waals surface area contributed by atoms with Gasteiger partial charge in [-0.15, -0.1) is 5.10 Å². The highest BCUT2D eigenvalue weighted by Crippen LogP contribution is 2.19. The van der Waals surface area contributed by atoms with E-state index in [1.54, 1.807) is 4.68 Å². The van der Waals surface area contributed by atoms with Crippen molar-refractivity contribution < 1.29 is 5.11 Å². The monoisotopic (exact) mass is 237 g/mol. The number of halogens is 1. The Labute approximate surface area is 98.5 Å². The zero-order valence-electron chi connectivity index (χ0n) is 9.11. The SMILES string of the molecule is Cc1cc(-n2nnc(CO)c2C)ccc1Cl. The normalized spacial score (nSPS) is 10.8. The molecule has 0 saturated carbocycles. The molecule has 0 unspecified atom stereocenters. The summed E-state index contributed by atoms with van der Waals surface area (Å²) in [7, 11) is 0. The minimum absolute atomic E-state index is 0.0988. The van der Waals surface area contributed by atoms with Gasteiger partial charge in [-0.1, -0.05) is 16.8 Å². The fraction of sp³-hybridized carbons (Fsp3) is 0.273. The quantitative estimate of drug-likeness (QED) is 0.870. The van der Waals surface area contributed by atoms with Gasteiger partial charge in [-0.3, -0.25) is 0 Å². The molecule has 0 amide bonds. The Morgan fingerprint density at radius 2 is 2.12 bits per heavy atom. The molecule has 1 aromatic heterocycles. The third-order valence-corrected chi connectivity index (χ3v) is 2.95. The molecule has 0 aliphatic heterocycles. The lowest BCUT2D eigenvalue weighted by atomic mass is 10.2. The molecule has 0 spiro atoms. The molecule has 0 bridgehead atoms. The van der Waals surface area contributed by atoms with Crippen molar-refractivity contribution in [3.8, 4) is 5.69 Å². The van der Waals surface area contributed by atoms with E-state index in [-0.39, 0.29) is 6.61 Å². The van der Waals surface area contributed by atoms with Crippen LogP contribution in [0.15, 0.2) is 18.2 Å². The molecule has 5 heteroatoms. The summed E-state index contributed by atoms with van der Waals surface area (Å²) >= 11 is 5.96. The van der Waals surface area contributed by atoms with E-state index < -0.39 is 0 Å². The summed E-state index contributed by atoms with van der Waals surface area (Å²) in [6.07, 6.45) is 0. The average Bonchev–Trinajstić information content (AvgIpc) is 2.64. The fourth-order valence-electron chi connectivity index (χ4n) is 1.51. The number of nitrogens with zero attached hydrogens (tertiary/aromatic N) is 3. The Kier molecular flexibility index (Phi) is 2.94. The van der Waals surface area contributed by atoms with Crippen molar-refractivity contribution in [2.24, 2.45) is 0 Å². The molecule has 1 N–H and O–H groups in total. The molecule has 0 radical (unpaired) electrons. The van der Waals surface area contributed by atoms with Gasteiger partial charge in [0, 0.05) is 5.02 Å². The molecule has 4 nitrogen and oxygen atoms in total. The van der Waals surface area contributed by atoms with Crippen molar-refractivity contribution in [1.29, 1.82) is 0 Å². The van der Waals surface area contributed by atoms with Gasteiger partial charge in [-0.2, -0.15) is 0 Å². The van der Waals surface area contributed by atoms with Crippen LogP contribution in [-0.4, -0.2) is 20.1 Å². The summed E-state index contributed by atoms with van der Waals surface area (Å²) in [5, 5.41) is 17.7. The van der Waals surface area contributed by atoms with E-state index in [9.17, 15) is 0 Å². The number of aliphatic hydroxyl groups is 1. The Bertz CT molecular complexity index is 522. The fourth-order valence-corrected chi connectivity index (χ4v) is 1.63.